The first kappa shape index (κ1) is 14.0. The third-order valence-corrected chi connectivity index (χ3v) is 4.46. The summed E-state index contributed by atoms with van der Waals surface area (Å²) >= 11 is 3.49. The van der Waals surface area contributed by atoms with Crippen molar-refractivity contribution in [3.63, 3.8) is 0 Å². The van der Waals surface area contributed by atoms with Crippen molar-refractivity contribution < 1.29 is 0 Å². The quantitative estimate of drug-likeness (QED) is 0.914. The fourth-order valence-corrected chi connectivity index (χ4v) is 2.85. The van der Waals surface area contributed by atoms with Gasteiger partial charge < -0.3 is 5.32 Å². The Morgan fingerprint density at radius 3 is 2.67 bits per heavy atom. The number of hydrogen-bond donors (Lipinski definition) is 1. The lowest BCUT2D eigenvalue weighted by Gasteiger charge is -2.32. The van der Waals surface area contributed by atoms with Crippen LogP contribution in [0.5, 0.6) is 0 Å². The van der Waals surface area contributed by atoms with Crippen molar-refractivity contribution in [2.24, 2.45) is 0 Å². The fourth-order valence-electron chi connectivity index (χ4n) is 2.58. The lowest BCUT2D eigenvalue weighted by atomic mass is 10.0. The van der Waals surface area contributed by atoms with Gasteiger partial charge in [0.25, 0.3) is 0 Å². The van der Waals surface area contributed by atoms with Crippen LogP contribution < -0.4 is 5.32 Å². The Balaban J connectivity index is 1.91. The second-order valence-electron chi connectivity index (χ2n) is 5.31. The molecule has 0 spiro atoms. The van der Waals surface area contributed by atoms with Gasteiger partial charge in [0.1, 0.15) is 0 Å². The highest BCUT2D eigenvalue weighted by Gasteiger charge is 2.18. The first-order valence-electron chi connectivity index (χ1n) is 6.86. The van der Waals surface area contributed by atoms with E-state index < -0.39 is 0 Å². The number of nitrogens with one attached hydrogen (secondary N) is 1. The fraction of sp³-hybridized carbons (Fsp3) is 0.600. The summed E-state index contributed by atoms with van der Waals surface area (Å²) in [5, 5.41) is 3.62. The molecule has 0 amide bonds. The number of hydrogen-bond acceptors (Lipinski definition) is 2. The normalized spacial score (nSPS) is 22.1. The molecule has 2 rings (SSSR count). The Morgan fingerprint density at radius 1 is 1.33 bits per heavy atom. The SMILES string of the molecule is CC(c1ccc(Br)cc1)N(C)CC1CCCCN1. The summed E-state index contributed by atoms with van der Waals surface area (Å²) in [4.78, 5) is 2.45. The number of piperidine rings is 1. The summed E-state index contributed by atoms with van der Waals surface area (Å²) in [5.74, 6) is 0. The number of likely N-dealkylation sites (N-methyl/N-ethyl adjacent to an activating group) is 1. The second kappa shape index (κ2) is 6.69. The van der Waals surface area contributed by atoms with E-state index in [2.05, 4.69) is 64.4 Å². The van der Waals surface area contributed by atoms with Gasteiger partial charge >= 0.3 is 0 Å². The van der Waals surface area contributed by atoms with Crippen LogP contribution in [-0.2, 0) is 0 Å². The molecule has 0 saturated carbocycles. The van der Waals surface area contributed by atoms with Crippen molar-refractivity contribution in [2.45, 2.75) is 38.3 Å². The molecule has 2 unspecified atom stereocenters. The van der Waals surface area contributed by atoms with E-state index in [9.17, 15) is 0 Å². The van der Waals surface area contributed by atoms with E-state index in [0.29, 0.717) is 12.1 Å². The number of benzene rings is 1. The highest BCUT2D eigenvalue weighted by molar-refractivity contribution is 9.10. The molecule has 1 heterocycles. The number of halogens is 1. The first-order chi connectivity index (χ1) is 8.66. The minimum Gasteiger partial charge on any atom is -0.313 e. The molecule has 0 aliphatic carbocycles. The molecular weight excluding hydrogens is 288 g/mol. The monoisotopic (exact) mass is 310 g/mol. The maximum absolute atomic E-state index is 3.62. The third-order valence-electron chi connectivity index (χ3n) is 3.93. The Hall–Kier alpha value is -0.380. The lowest BCUT2D eigenvalue weighted by molar-refractivity contribution is 0.214. The molecular formula is C15H23BrN2. The van der Waals surface area contributed by atoms with Gasteiger partial charge in [-0.15, -0.1) is 0 Å². The van der Waals surface area contributed by atoms with Crippen LogP contribution in [0.2, 0.25) is 0 Å². The third kappa shape index (κ3) is 3.81. The standard InChI is InChI=1S/C15H23BrN2/c1-12(13-6-8-14(16)9-7-13)18(2)11-15-5-3-4-10-17-15/h6-9,12,15,17H,3-5,10-11H2,1-2H3. The highest BCUT2D eigenvalue weighted by Crippen LogP contribution is 2.22. The van der Waals surface area contributed by atoms with Gasteiger partial charge in [0.05, 0.1) is 0 Å². The van der Waals surface area contributed by atoms with E-state index in [1.807, 2.05) is 0 Å². The van der Waals surface area contributed by atoms with Crippen LogP contribution in [0.3, 0.4) is 0 Å². The molecule has 1 aliphatic heterocycles. The van der Waals surface area contributed by atoms with Crippen LogP contribution in [0.15, 0.2) is 28.7 Å². The van der Waals surface area contributed by atoms with Crippen molar-refractivity contribution in [3.05, 3.63) is 34.3 Å². The largest absolute Gasteiger partial charge is 0.313 e. The van der Waals surface area contributed by atoms with Crippen LogP contribution in [0.1, 0.15) is 37.8 Å². The van der Waals surface area contributed by atoms with Crippen LogP contribution in [0, 0.1) is 0 Å². The first-order valence-corrected chi connectivity index (χ1v) is 7.65. The zero-order chi connectivity index (χ0) is 13.0. The van der Waals surface area contributed by atoms with Crippen LogP contribution in [-0.4, -0.2) is 31.1 Å². The summed E-state index contributed by atoms with van der Waals surface area (Å²) < 4.78 is 1.15. The van der Waals surface area contributed by atoms with Crippen LogP contribution in [0.25, 0.3) is 0 Å². The van der Waals surface area contributed by atoms with Gasteiger partial charge in [-0.1, -0.05) is 34.5 Å². The molecule has 1 aromatic carbocycles. The van der Waals surface area contributed by atoms with Crippen LogP contribution in [0.4, 0.5) is 0 Å². The summed E-state index contributed by atoms with van der Waals surface area (Å²) in [6, 6.07) is 9.80. The van der Waals surface area contributed by atoms with Crippen LogP contribution >= 0.6 is 15.9 Å². The van der Waals surface area contributed by atoms with E-state index >= 15 is 0 Å². The van der Waals surface area contributed by atoms with Gasteiger partial charge in [0.15, 0.2) is 0 Å². The molecule has 0 bridgehead atoms. The van der Waals surface area contributed by atoms with E-state index in [4.69, 9.17) is 0 Å². The minimum atomic E-state index is 0.474. The Labute approximate surface area is 119 Å². The Kier molecular flexibility index (Phi) is 5.22. The van der Waals surface area contributed by atoms with Gasteiger partial charge in [-0.2, -0.15) is 0 Å². The molecule has 100 valence electrons. The topological polar surface area (TPSA) is 15.3 Å². The molecule has 1 N–H and O–H groups in total. The van der Waals surface area contributed by atoms with E-state index in [-0.39, 0.29) is 0 Å². The molecule has 1 fully saturated rings. The zero-order valence-corrected chi connectivity index (χ0v) is 12.9. The molecule has 2 atom stereocenters. The average molecular weight is 311 g/mol. The zero-order valence-electron chi connectivity index (χ0n) is 11.3. The maximum atomic E-state index is 3.62. The molecule has 0 aromatic heterocycles. The molecule has 0 radical (unpaired) electrons. The second-order valence-corrected chi connectivity index (χ2v) is 6.23. The van der Waals surface area contributed by atoms with Gasteiger partial charge in [-0.3, -0.25) is 4.90 Å². The highest BCUT2D eigenvalue weighted by atomic mass is 79.9. The molecule has 2 nitrogen and oxygen atoms in total. The minimum absolute atomic E-state index is 0.474. The number of nitrogens with zero attached hydrogens (tertiary/aromatic N) is 1. The van der Waals surface area contributed by atoms with E-state index in [1.54, 1.807) is 0 Å². The summed E-state index contributed by atoms with van der Waals surface area (Å²) in [6.45, 7) is 4.61. The molecule has 3 heteroatoms. The van der Waals surface area contributed by atoms with Gasteiger partial charge in [0, 0.05) is 23.1 Å². The van der Waals surface area contributed by atoms with Crippen molar-refractivity contribution in [3.8, 4) is 0 Å². The Bertz CT molecular complexity index is 357. The van der Waals surface area contributed by atoms with Gasteiger partial charge in [-0.05, 0) is 51.1 Å². The number of rotatable bonds is 4. The molecule has 1 aromatic rings. The van der Waals surface area contributed by atoms with E-state index in [0.717, 1.165) is 11.0 Å². The smallest absolute Gasteiger partial charge is 0.0317 e. The van der Waals surface area contributed by atoms with Crippen molar-refractivity contribution in [1.29, 1.82) is 0 Å². The maximum Gasteiger partial charge on any atom is 0.0317 e. The van der Waals surface area contributed by atoms with Crippen molar-refractivity contribution >= 4 is 15.9 Å². The van der Waals surface area contributed by atoms with Crippen molar-refractivity contribution in [1.82, 2.24) is 10.2 Å². The summed E-state index contributed by atoms with van der Waals surface area (Å²) in [6.07, 6.45) is 4.03. The van der Waals surface area contributed by atoms with E-state index in [1.165, 1.54) is 31.4 Å². The van der Waals surface area contributed by atoms with Gasteiger partial charge in [0.2, 0.25) is 0 Å². The molecule has 1 aliphatic rings. The Morgan fingerprint density at radius 2 is 2.06 bits per heavy atom. The van der Waals surface area contributed by atoms with Crippen molar-refractivity contribution in [2.75, 3.05) is 20.1 Å². The summed E-state index contributed by atoms with van der Waals surface area (Å²) in [5.41, 5.74) is 1.39. The predicted octanol–water partition coefficient (Wildman–Crippen LogP) is 3.58. The van der Waals surface area contributed by atoms with Gasteiger partial charge in [-0.25, -0.2) is 0 Å². The lowest BCUT2D eigenvalue weighted by Crippen LogP contribution is -2.43. The molecule has 1 saturated heterocycles. The molecule has 18 heavy (non-hydrogen) atoms. The average Bonchev–Trinajstić information content (AvgIpc) is 2.40. The summed E-state index contributed by atoms with van der Waals surface area (Å²) in [7, 11) is 2.23. The predicted molar refractivity (Wildman–Crippen MR) is 80.8 cm³/mol.